The first kappa shape index (κ1) is 12.3. The monoisotopic (exact) mass is 257 g/mol. The molecule has 1 aromatic heterocycles. The molecule has 1 aliphatic carbocycles. The summed E-state index contributed by atoms with van der Waals surface area (Å²) in [5.41, 5.74) is 0.0114. The molecule has 1 aliphatic rings. The number of halogens is 1. The van der Waals surface area contributed by atoms with Crippen molar-refractivity contribution < 1.29 is 5.11 Å². The van der Waals surface area contributed by atoms with Gasteiger partial charge in [-0.05, 0) is 31.4 Å². The lowest BCUT2D eigenvalue weighted by Crippen LogP contribution is -2.20. The third-order valence-corrected chi connectivity index (χ3v) is 3.03. The molecule has 6 nitrogen and oxygen atoms in total. The Morgan fingerprint density at radius 2 is 1.88 bits per heavy atom. The van der Waals surface area contributed by atoms with Crippen molar-refractivity contribution in [3.05, 3.63) is 5.28 Å². The van der Waals surface area contributed by atoms with Gasteiger partial charge in [0.25, 0.3) is 0 Å². The molecular weight excluding hydrogens is 242 g/mol. The summed E-state index contributed by atoms with van der Waals surface area (Å²) in [5, 5.41) is 15.4. The summed E-state index contributed by atoms with van der Waals surface area (Å²) < 4.78 is 0. The molecule has 1 aromatic rings. The molecule has 17 heavy (non-hydrogen) atoms. The van der Waals surface area contributed by atoms with Crippen molar-refractivity contribution in [3.63, 3.8) is 0 Å². The van der Waals surface area contributed by atoms with Crippen molar-refractivity contribution in [3.8, 4) is 0 Å². The second kappa shape index (κ2) is 5.01. The molecule has 0 aliphatic heterocycles. The number of nitrogens with one attached hydrogen (secondary N) is 2. The van der Waals surface area contributed by atoms with Crippen LogP contribution in [-0.2, 0) is 0 Å². The molecule has 3 N–H and O–H groups in total. The number of rotatable bonds is 6. The van der Waals surface area contributed by atoms with Gasteiger partial charge in [0.2, 0.25) is 17.2 Å². The van der Waals surface area contributed by atoms with E-state index in [9.17, 15) is 5.11 Å². The maximum Gasteiger partial charge on any atom is 0.228 e. The molecule has 0 atom stereocenters. The van der Waals surface area contributed by atoms with Crippen LogP contribution in [0.2, 0.25) is 5.28 Å². The molecule has 0 spiro atoms. The highest BCUT2D eigenvalue weighted by Gasteiger charge is 2.41. The smallest absolute Gasteiger partial charge is 0.228 e. The highest BCUT2D eigenvalue weighted by molar-refractivity contribution is 6.28. The molecule has 94 valence electrons. The van der Waals surface area contributed by atoms with Crippen LogP contribution < -0.4 is 10.6 Å². The standard InChI is InChI=1S/C10H16ClN5O/c1-2-12-8-14-7(11)15-9(16-8)13-5-10(6-17)3-4-10/h17H,2-6H2,1H3,(H2,12,13,14,15,16). The summed E-state index contributed by atoms with van der Waals surface area (Å²) in [7, 11) is 0. The van der Waals surface area contributed by atoms with Crippen LogP contribution in [0, 0.1) is 5.41 Å². The molecule has 0 radical (unpaired) electrons. The topological polar surface area (TPSA) is 83.0 Å². The van der Waals surface area contributed by atoms with Crippen LogP contribution in [0.15, 0.2) is 0 Å². The maximum absolute atomic E-state index is 9.20. The molecule has 0 saturated heterocycles. The first-order chi connectivity index (χ1) is 8.17. The minimum absolute atomic E-state index is 0.0114. The summed E-state index contributed by atoms with van der Waals surface area (Å²) in [4.78, 5) is 12.1. The number of hydrogen-bond donors (Lipinski definition) is 3. The van der Waals surface area contributed by atoms with Crippen molar-refractivity contribution in [2.75, 3.05) is 30.3 Å². The molecule has 2 rings (SSSR count). The van der Waals surface area contributed by atoms with Crippen LogP contribution in [0.1, 0.15) is 19.8 Å². The zero-order valence-electron chi connectivity index (χ0n) is 9.70. The highest BCUT2D eigenvalue weighted by Crippen LogP contribution is 2.44. The van der Waals surface area contributed by atoms with Crippen LogP contribution in [0.5, 0.6) is 0 Å². The number of anilines is 2. The first-order valence-electron chi connectivity index (χ1n) is 5.68. The third kappa shape index (κ3) is 3.17. The zero-order valence-corrected chi connectivity index (χ0v) is 10.5. The summed E-state index contributed by atoms with van der Waals surface area (Å²) in [5.74, 6) is 0.907. The minimum atomic E-state index is 0.0114. The van der Waals surface area contributed by atoms with Crippen LogP contribution in [0.3, 0.4) is 0 Å². The molecule has 0 unspecified atom stereocenters. The first-order valence-corrected chi connectivity index (χ1v) is 6.05. The molecule has 0 amide bonds. The lowest BCUT2D eigenvalue weighted by molar-refractivity contribution is 0.219. The Balaban J connectivity index is 2.00. The molecule has 1 fully saturated rings. The zero-order chi connectivity index (χ0) is 12.3. The molecule has 1 heterocycles. The number of aliphatic hydroxyl groups is 1. The average molecular weight is 258 g/mol. The van der Waals surface area contributed by atoms with E-state index in [1.807, 2.05) is 6.92 Å². The average Bonchev–Trinajstić information content (AvgIpc) is 3.07. The Bertz CT molecular complexity index is 396. The van der Waals surface area contributed by atoms with Gasteiger partial charge in [0.1, 0.15) is 0 Å². The predicted octanol–water partition coefficient (Wildman–Crippen LogP) is 1.14. The summed E-state index contributed by atoms with van der Waals surface area (Å²) >= 11 is 5.79. The van der Waals surface area contributed by atoms with Gasteiger partial charge in [-0.2, -0.15) is 15.0 Å². The van der Waals surface area contributed by atoms with E-state index >= 15 is 0 Å². The van der Waals surface area contributed by atoms with Gasteiger partial charge in [0, 0.05) is 18.5 Å². The second-order valence-corrected chi connectivity index (χ2v) is 4.63. The number of hydrogen-bond acceptors (Lipinski definition) is 6. The van der Waals surface area contributed by atoms with E-state index in [0.29, 0.717) is 18.4 Å². The van der Waals surface area contributed by atoms with Gasteiger partial charge in [-0.1, -0.05) is 0 Å². The van der Waals surface area contributed by atoms with Crippen LogP contribution in [-0.4, -0.2) is 39.8 Å². The van der Waals surface area contributed by atoms with Gasteiger partial charge in [-0.15, -0.1) is 0 Å². The largest absolute Gasteiger partial charge is 0.396 e. The van der Waals surface area contributed by atoms with Gasteiger partial charge in [0.05, 0.1) is 6.61 Å². The Labute approximate surface area is 105 Å². The van der Waals surface area contributed by atoms with E-state index in [1.165, 1.54) is 0 Å². The summed E-state index contributed by atoms with van der Waals surface area (Å²) in [6.07, 6.45) is 2.07. The quantitative estimate of drug-likeness (QED) is 0.709. The highest BCUT2D eigenvalue weighted by atomic mass is 35.5. The van der Waals surface area contributed by atoms with Crippen molar-refractivity contribution in [2.45, 2.75) is 19.8 Å². The summed E-state index contributed by atoms with van der Waals surface area (Å²) in [6.45, 7) is 3.53. The fourth-order valence-electron chi connectivity index (χ4n) is 1.50. The van der Waals surface area contributed by atoms with E-state index in [-0.39, 0.29) is 17.3 Å². The molecule has 7 heteroatoms. The molecular formula is C10H16ClN5O. The normalized spacial score (nSPS) is 16.6. The van der Waals surface area contributed by atoms with Crippen molar-refractivity contribution in [1.82, 2.24) is 15.0 Å². The van der Waals surface area contributed by atoms with E-state index in [2.05, 4.69) is 25.6 Å². The fourth-order valence-corrected chi connectivity index (χ4v) is 1.66. The lowest BCUT2D eigenvalue weighted by atomic mass is 10.1. The fraction of sp³-hybridized carbons (Fsp3) is 0.700. The number of nitrogens with zero attached hydrogens (tertiary/aromatic N) is 3. The van der Waals surface area contributed by atoms with Crippen molar-refractivity contribution in [1.29, 1.82) is 0 Å². The minimum Gasteiger partial charge on any atom is -0.396 e. The number of aromatic nitrogens is 3. The van der Waals surface area contributed by atoms with Gasteiger partial charge in [-0.25, -0.2) is 0 Å². The van der Waals surface area contributed by atoms with Gasteiger partial charge < -0.3 is 15.7 Å². The molecule has 0 bridgehead atoms. The summed E-state index contributed by atoms with van der Waals surface area (Å²) in [6, 6.07) is 0. The van der Waals surface area contributed by atoms with E-state index in [1.54, 1.807) is 0 Å². The molecule has 1 saturated carbocycles. The second-order valence-electron chi connectivity index (χ2n) is 4.29. The van der Waals surface area contributed by atoms with Gasteiger partial charge in [0.15, 0.2) is 0 Å². The van der Waals surface area contributed by atoms with Gasteiger partial charge in [-0.3, -0.25) is 0 Å². The molecule has 0 aromatic carbocycles. The van der Waals surface area contributed by atoms with Gasteiger partial charge >= 0.3 is 0 Å². The van der Waals surface area contributed by atoms with E-state index < -0.39 is 0 Å². The maximum atomic E-state index is 9.20. The Morgan fingerprint density at radius 3 is 2.41 bits per heavy atom. The van der Waals surface area contributed by atoms with E-state index in [0.717, 1.165) is 19.4 Å². The SMILES string of the molecule is CCNc1nc(Cl)nc(NCC2(CO)CC2)n1. The van der Waals surface area contributed by atoms with Crippen molar-refractivity contribution in [2.24, 2.45) is 5.41 Å². The Kier molecular flexibility index (Phi) is 3.63. The van der Waals surface area contributed by atoms with Crippen LogP contribution >= 0.6 is 11.6 Å². The van der Waals surface area contributed by atoms with E-state index in [4.69, 9.17) is 11.6 Å². The number of aliphatic hydroxyl groups excluding tert-OH is 1. The Morgan fingerprint density at radius 1 is 1.24 bits per heavy atom. The Hall–Kier alpha value is -1.14. The third-order valence-electron chi connectivity index (χ3n) is 2.86. The predicted molar refractivity (Wildman–Crippen MR) is 66.2 cm³/mol. The van der Waals surface area contributed by atoms with Crippen molar-refractivity contribution >= 4 is 23.5 Å². The lowest BCUT2D eigenvalue weighted by Gasteiger charge is -2.13. The van der Waals surface area contributed by atoms with Crippen LogP contribution in [0.4, 0.5) is 11.9 Å². The van der Waals surface area contributed by atoms with Crippen LogP contribution in [0.25, 0.3) is 0 Å².